The maximum Gasteiger partial charge on any atom is 0.227 e. The highest BCUT2D eigenvalue weighted by atomic mass is 32.2. The number of nitrogens with zero attached hydrogens (tertiary/aromatic N) is 2. The lowest BCUT2D eigenvalue weighted by atomic mass is 10.1. The predicted octanol–water partition coefficient (Wildman–Crippen LogP) is 5.31. The van der Waals surface area contributed by atoms with Gasteiger partial charge in [-0.25, -0.2) is 27.2 Å². The first-order chi connectivity index (χ1) is 17.8. The molecule has 0 saturated carbocycles. The molecule has 37 heavy (non-hydrogen) atoms. The number of nitrogens with one attached hydrogen (secondary N) is 1. The standard InChI is InChI=1S/C27H25F2N3O4S/c1-35-12-13-37(33,34)18-20-8-5-9-22(14-20)31-27-30-16-24(29)26(32-27)23-11-10-21(28)15-25(23)36-17-19-6-3-2-4-7-19/h2-11,14-16H,12-13,17-18H2,1H3,(H,30,31,32). The van der Waals surface area contributed by atoms with E-state index in [2.05, 4.69) is 15.3 Å². The summed E-state index contributed by atoms with van der Waals surface area (Å²) < 4.78 is 64.0. The SMILES string of the molecule is COCCS(=O)(=O)Cc1cccc(Nc2ncc(F)c(-c3ccc(F)cc3OCc3ccccc3)n2)c1. The van der Waals surface area contributed by atoms with Crippen LogP contribution in [0.25, 0.3) is 11.3 Å². The highest BCUT2D eigenvalue weighted by molar-refractivity contribution is 7.90. The minimum Gasteiger partial charge on any atom is -0.488 e. The van der Waals surface area contributed by atoms with E-state index >= 15 is 0 Å². The van der Waals surface area contributed by atoms with Crippen molar-refractivity contribution in [2.24, 2.45) is 0 Å². The molecule has 0 bridgehead atoms. The van der Waals surface area contributed by atoms with Crippen LogP contribution < -0.4 is 10.1 Å². The van der Waals surface area contributed by atoms with Gasteiger partial charge in [0, 0.05) is 24.4 Å². The lowest BCUT2D eigenvalue weighted by Gasteiger charge is -2.13. The van der Waals surface area contributed by atoms with E-state index in [9.17, 15) is 17.2 Å². The average molecular weight is 526 g/mol. The van der Waals surface area contributed by atoms with Gasteiger partial charge in [-0.1, -0.05) is 42.5 Å². The lowest BCUT2D eigenvalue weighted by Crippen LogP contribution is -2.13. The smallest absolute Gasteiger partial charge is 0.227 e. The van der Waals surface area contributed by atoms with E-state index in [4.69, 9.17) is 9.47 Å². The van der Waals surface area contributed by atoms with Crippen LogP contribution in [0.15, 0.2) is 79.0 Å². The second kappa shape index (κ2) is 11.9. The number of ether oxygens (including phenoxy) is 2. The topological polar surface area (TPSA) is 90.4 Å². The van der Waals surface area contributed by atoms with Gasteiger partial charge in [-0.2, -0.15) is 0 Å². The van der Waals surface area contributed by atoms with Crippen LogP contribution in [0, 0.1) is 11.6 Å². The largest absolute Gasteiger partial charge is 0.488 e. The third-order valence-corrected chi connectivity index (χ3v) is 6.91. The number of aromatic nitrogens is 2. The number of methoxy groups -OCH3 is 1. The van der Waals surface area contributed by atoms with E-state index < -0.39 is 21.5 Å². The van der Waals surface area contributed by atoms with Gasteiger partial charge < -0.3 is 14.8 Å². The van der Waals surface area contributed by atoms with Crippen LogP contribution in [-0.2, 0) is 26.9 Å². The molecule has 0 amide bonds. The van der Waals surface area contributed by atoms with Crippen molar-refractivity contribution in [2.75, 3.05) is 24.8 Å². The molecule has 0 saturated heterocycles. The van der Waals surface area contributed by atoms with E-state index in [1.54, 1.807) is 24.3 Å². The second-order valence-electron chi connectivity index (χ2n) is 8.22. The van der Waals surface area contributed by atoms with Crippen LogP contribution >= 0.6 is 0 Å². The Morgan fingerprint density at radius 2 is 1.73 bits per heavy atom. The zero-order chi connectivity index (χ0) is 26.3. The number of hydrogen-bond donors (Lipinski definition) is 1. The van der Waals surface area contributed by atoms with Crippen molar-refractivity contribution in [1.29, 1.82) is 0 Å². The molecule has 10 heteroatoms. The first-order valence-electron chi connectivity index (χ1n) is 11.4. The Bertz CT molecular complexity index is 1470. The number of hydrogen-bond acceptors (Lipinski definition) is 7. The Morgan fingerprint density at radius 1 is 0.946 bits per heavy atom. The Labute approximate surface area is 214 Å². The fourth-order valence-corrected chi connectivity index (χ4v) is 4.82. The van der Waals surface area contributed by atoms with Crippen LogP contribution in [0.2, 0.25) is 0 Å². The molecule has 0 aliphatic rings. The molecule has 0 atom stereocenters. The van der Waals surface area contributed by atoms with Crippen molar-refractivity contribution in [1.82, 2.24) is 9.97 Å². The predicted molar refractivity (Wildman–Crippen MR) is 137 cm³/mol. The molecule has 0 aliphatic carbocycles. The van der Waals surface area contributed by atoms with Gasteiger partial charge in [0.1, 0.15) is 23.9 Å². The number of sulfone groups is 1. The maximum atomic E-state index is 14.8. The third kappa shape index (κ3) is 7.31. The number of halogens is 2. The van der Waals surface area contributed by atoms with Crippen LogP contribution in [0.3, 0.4) is 0 Å². The first-order valence-corrected chi connectivity index (χ1v) is 13.2. The number of anilines is 2. The van der Waals surface area contributed by atoms with Gasteiger partial charge in [0.25, 0.3) is 0 Å². The summed E-state index contributed by atoms with van der Waals surface area (Å²) >= 11 is 0. The van der Waals surface area contributed by atoms with Crippen molar-refractivity contribution in [2.45, 2.75) is 12.4 Å². The highest BCUT2D eigenvalue weighted by Crippen LogP contribution is 2.32. The fraction of sp³-hybridized carbons (Fsp3) is 0.185. The molecule has 0 spiro atoms. The quantitative estimate of drug-likeness (QED) is 0.284. The summed E-state index contributed by atoms with van der Waals surface area (Å²) in [6.45, 7) is 0.280. The van der Waals surface area contributed by atoms with Gasteiger partial charge in [-0.3, -0.25) is 0 Å². The molecule has 0 unspecified atom stereocenters. The van der Waals surface area contributed by atoms with Gasteiger partial charge in [-0.05, 0) is 35.4 Å². The molecule has 3 aromatic carbocycles. The zero-order valence-electron chi connectivity index (χ0n) is 20.0. The summed E-state index contributed by atoms with van der Waals surface area (Å²) in [6.07, 6.45) is 1.01. The van der Waals surface area contributed by atoms with Gasteiger partial charge >= 0.3 is 0 Å². The number of rotatable bonds is 11. The third-order valence-electron chi connectivity index (χ3n) is 5.35. The molecule has 0 radical (unpaired) electrons. The maximum absolute atomic E-state index is 14.8. The van der Waals surface area contributed by atoms with E-state index in [1.165, 1.54) is 25.3 Å². The molecule has 1 heterocycles. The summed E-state index contributed by atoms with van der Waals surface area (Å²) in [4.78, 5) is 8.29. The van der Waals surface area contributed by atoms with Gasteiger partial charge in [0.15, 0.2) is 15.7 Å². The molecule has 4 aromatic rings. The van der Waals surface area contributed by atoms with Gasteiger partial charge in [-0.15, -0.1) is 0 Å². The van der Waals surface area contributed by atoms with E-state index in [0.717, 1.165) is 11.8 Å². The molecule has 192 valence electrons. The minimum absolute atomic E-state index is 0.0705. The van der Waals surface area contributed by atoms with E-state index in [1.807, 2.05) is 30.3 Å². The first kappa shape index (κ1) is 26.2. The average Bonchev–Trinajstić information content (AvgIpc) is 2.88. The van der Waals surface area contributed by atoms with Crippen molar-refractivity contribution < 1.29 is 26.7 Å². The summed E-state index contributed by atoms with van der Waals surface area (Å²) in [7, 11) is -1.90. The summed E-state index contributed by atoms with van der Waals surface area (Å²) in [5, 5.41) is 2.98. The van der Waals surface area contributed by atoms with Crippen molar-refractivity contribution in [3.8, 4) is 17.0 Å². The van der Waals surface area contributed by atoms with Crippen LogP contribution in [0.5, 0.6) is 5.75 Å². The summed E-state index contributed by atoms with van der Waals surface area (Å²) in [5.41, 5.74) is 2.15. The molecular formula is C27H25F2N3O4S. The molecular weight excluding hydrogens is 500 g/mol. The Hall–Kier alpha value is -3.89. The van der Waals surface area contributed by atoms with E-state index in [0.29, 0.717) is 11.3 Å². The summed E-state index contributed by atoms with van der Waals surface area (Å²) in [6, 6.07) is 19.9. The second-order valence-corrected chi connectivity index (χ2v) is 10.4. The Kier molecular flexibility index (Phi) is 8.42. The van der Waals surface area contributed by atoms with Gasteiger partial charge in [0.2, 0.25) is 5.95 Å². The molecule has 0 aliphatic heterocycles. The van der Waals surface area contributed by atoms with Gasteiger partial charge in [0.05, 0.1) is 24.3 Å². The van der Waals surface area contributed by atoms with Crippen LogP contribution in [0.1, 0.15) is 11.1 Å². The summed E-state index contributed by atoms with van der Waals surface area (Å²) in [5.74, 6) is -1.27. The Morgan fingerprint density at radius 3 is 2.51 bits per heavy atom. The zero-order valence-corrected chi connectivity index (χ0v) is 20.8. The fourth-order valence-electron chi connectivity index (χ4n) is 3.57. The highest BCUT2D eigenvalue weighted by Gasteiger charge is 2.17. The minimum atomic E-state index is -3.35. The monoisotopic (exact) mass is 525 g/mol. The molecule has 1 aromatic heterocycles. The molecule has 4 rings (SSSR count). The molecule has 1 N–H and O–H groups in total. The molecule has 0 fully saturated rings. The normalized spacial score (nSPS) is 11.3. The van der Waals surface area contributed by atoms with Crippen molar-refractivity contribution in [3.63, 3.8) is 0 Å². The van der Waals surface area contributed by atoms with Crippen molar-refractivity contribution >= 4 is 21.5 Å². The van der Waals surface area contributed by atoms with E-state index in [-0.39, 0.29) is 47.7 Å². The van der Waals surface area contributed by atoms with Crippen LogP contribution in [-0.4, -0.2) is 37.9 Å². The van der Waals surface area contributed by atoms with Crippen molar-refractivity contribution in [3.05, 3.63) is 102 Å². The molecule has 7 nitrogen and oxygen atoms in total. The Balaban J connectivity index is 1.57. The number of benzene rings is 3. The lowest BCUT2D eigenvalue weighted by molar-refractivity contribution is 0.217. The van der Waals surface area contributed by atoms with Crippen LogP contribution in [0.4, 0.5) is 20.4 Å².